The van der Waals surface area contributed by atoms with Gasteiger partial charge >= 0.3 is 7.67 Å². The zero-order valence-electron chi connectivity index (χ0n) is 15.6. The molecule has 4 rings (SSSR count). The molecule has 0 atom stereocenters. The average Bonchev–Trinajstić information content (AvgIpc) is 3.00. The lowest BCUT2D eigenvalue weighted by atomic mass is 10.2. The maximum absolute atomic E-state index is 14.2. The number of hydrogen-bond donors (Lipinski definition) is 0. The Morgan fingerprint density at radius 3 is 1.59 bits per heavy atom. The van der Waals surface area contributed by atoms with Crippen LogP contribution in [0.4, 0.5) is 11.4 Å². The van der Waals surface area contributed by atoms with Gasteiger partial charge in [0, 0.05) is 24.5 Å². The quantitative estimate of drug-likeness (QED) is 0.536. The highest BCUT2D eigenvalue weighted by atomic mass is 31.2. The Morgan fingerprint density at radius 2 is 1.15 bits per heavy atom. The van der Waals surface area contributed by atoms with Crippen LogP contribution in [0.5, 0.6) is 5.75 Å². The van der Waals surface area contributed by atoms with E-state index >= 15 is 0 Å². The third kappa shape index (κ3) is 3.45. The minimum absolute atomic E-state index is 0.608. The van der Waals surface area contributed by atoms with Crippen molar-refractivity contribution in [1.29, 1.82) is 0 Å². The molecule has 3 aromatic carbocycles. The molecule has 3 aromatic rings. The molecule has 27 heavy (non-hydrogen) atoms. The summed E-state index contributed by atoms with van der Waals surface area (Å²) in [6, 6.07) is 25.6. The second-order valence-electron chi connectivity index (χ2n) is 6.81. The van der Waals surface area contributed by atoms with Crippen molar-refractivity contribution < 1.29 is 9.09 Å². The molecule has 5 heteroatoms. The van der Waals surface area contributed by atoms with Gasteiger partial charge < -0.3 is 4.52 Å². The Bertz CT molecular complexity index is 898. The summed E-state index contributed by atoms with van der Waals surface area (Å²) in [7, 11) is -3.32. The van der Waals surface area contributed by atoms with Gasteiger partial charge in [0.2, 0.25) is 0 Å². The molecule has 0 spiro atoms. The number of benzene rings is 3. The lowest BCUT2D eigenvalue weighted by Crippen LogP contribution is -2.22. The highest BCUT2D eigenvalue weighted by Crippen LogP contribution is 2.60. The Kier molecular flexibility index (Phi) is 4.67. The Morgan fingerprint density at radius 1 is 0.704 bits per heavy atom. The zero-order chi connectivity index (χ0) is 18.9. The molecule has 4 nitrogen and oxygen atoms in total. The number of aryl methyl sites for hydroxylation is 2. The fraction of sp³-hybridized carbons (Fsp3) is 0.182. The van der Waals surface area contributed by atoms with Crippen LogP contribution in [-0.4, -0.2) is 13.1 Å². The number of para-hydroxylation sites is 1. The summed E-state index contributed by atoms with van der Waals surface area (Å²) in [5, 5.41) is 0. The highest BCUT2D eigenvalue weighted by Gasteiger charge is 2.46. The van der Waals surface area contributed by atoms with Crippen LogP contribution in [0.2, 0.25) is 0 Å². The fourth-order valence-electron chi connectivity index (χ4n) is 3.27. The molecule has 1 saturated heterocycles. The van der Waals surface area contributed by atoms with E-state index < -0.39 is 7.67 Å². The molecular formula is C22H23N2O2P. The molecule has 1 aliphatic heterocycles. The van der Waals surface area contributed by atoms with Gasteiger partial charge in [0.15, 0.2) is 0 Å². The summed E-state index contributed by atoms with van der Waals surface area (Å²) in [6.07, 6.45) is 0. The van der Waals surface area contributed by atoms with Gasteiger partial charge in [-0.2, -0.15) is 0 Å². The largest absolute Gasteiger partial charge is 0.449 e. The topological polar surface area (TPSA) is 32.8 Å². The Balaban J connectivity index is 1.76. The number of nitrogens with zero attached hydrogens (tertiary/aromatic N) is 2. The maximum Gasteiger partial charge on any atom is 0.449 e. The molecule has 0 aromatic heterocycles. The lowest BCUT2D eigenvalue weighted by Gasteiger charge is -2.31. The molecule has 1 heterocycles. The number of hydrogen-bond acceptors (Lipinski definition) is 2. The summed E-state index contributed by atoms with van der Waals surface area (Å²) in [5.41, 5.74) is 4.17. The molecule has 0 aliphatic carbocycles. The van der Waals surface area contributed by atoms with E-state index in [-0.39, 0.29) is 0 Å². The van der Waals surface area contributed by atoms with E-state index in [0.717, 1.165) is 11.4 Å². The average molecular weight is 378 g/mol. The Labute approximate surface area is 160 Å². The van der Waals surface area contributed by atoms with E-state index in [1.54, 1.807) is 0 Å². The van der Waals surface area contributed by atoms with E-state index in [9.17, 15) is 4.57 Å². The third-order valence-corrected chi connectivity index (χ3v) is 7.30. The van der Waals surface area contributed by atoms with Gasteiger partial charge in [-0.1, -0.05) is 53.6 Å². The van der Waals surface area contributed by atoms with E-state index in [1.165, 1.54) is 11.1 Å². The van der Waals surface area contributed by atoms with Crippen molar-refractivity contribution in [2.45, 2.75) is 13.8 Å². The summed E-state index contributed by atoms with van der Waals surface area (Å²) in [6.45, 7) is 5.38. The van der Waals surface area contributed by atoms with Crippen LogP contribution in [0, 0.1) is 13.8 Å². The molecule has 1 aliphatic rings. The van der Waals surface area contributed by atoms with Gasteiger partial charge in [-0.15, -0.1) is 0 Å². The van der Waals surface area contributed by atoms with Gasteiger partial charge in [-0.05, 0) is 50.2 Å². The first kappa shape index (κ1) is 17.7. The molecular weight excluding hydrogens is 355 g/mol. The first-order valence-corrected chi connectivity index (χ1v) is 10.6. The highest BCUT2D eigenvalue weighted by molar-refractivity contribution is 7.63. The van der Waals surface area contributed by atoms with E-state index in [2.05, 4.69) is 0 Å². The Hall–Kier alpha value is -2.71. The van der Waals surface area contributed by atoms with Gasteiger partial charge in [0.25, 0.3) is 0 Å². The van der Waals surface area contributed by atoms with Gasteiger partial charge in [0.05, 0.1) is 0 Å². The molecule has 0 N–H and O–H groups in total. The van der Waals surface area contributed by atoms with Crippen molar-refractivity contribution in [3.8, 4) is 5.75 Å². The first-order valence-electron chi connectivity index (χ1n) is 9.10. The normalized spacial score (nSPS) is 15.8. The molecule has 0 unspecified atom stereocenters. The summed E-state index contributed by atoms with van der Waals surface area (Å²) >= 11 is 0. The molecule has 0 saturated carbocycles. The smallest absolute Gasteiger partial charge is 0.414 e. The van der Waals surface area contributed by atoms with Gasteiger partial charge in [-0.3, -0.25) is 9.34 Å². The monoisotopic (exact) mass is 378 g/mol. The van der Waals surface area contributed by atoms with Crippen molar-refractivity contribution in [2.75, 3.05) is 22.4 Å². The molecule has 0 bridgehead atoms. The SMILES string of the molecule is Cc1ccc(N2CCN(c3ccc(C)cc3)P2(=O)Oc2ccccc2)cc1. The molecule has 1 fully saturated rings. The third-order valence-electron chi connectivity index (χ3n) is 4.77. The second kappa shape index (κ2) is 7.13. The predicted molar refractivity (Wildman–Crippen MR) is 112 cm³/mol. The van der Waals surface area contributed by atoms with Gasteiger partial charge in [0.1, 0.15) is 5.75 Å². The van der Waals surface area contributed by atoms with Crippen LogP contribution in [0.25, 0.3) is 0 Å². The van der Waals surface area contributed by atoms with E-state index in [4.69, 9.17) is 4.52 Å². The minimum atomic E-state index is -3.32. The molecule has 0 radical (unpaired) electrons. The maximum atomic E-state index is 14.2. The van der Waals surface area contributed by atoms with Crippen LogP contribution < -0.4 is 13.9 Å². The lowest BCUT2D eigenvalue weighted by molar-refractivity contribution is 0.482. The zero-order valence-corrected chi connectivity index (χ0v) is 16.5. The number of anilines is 2. The predicted octanol–water partition coefficient (Wildman–Crippen LogP) is 5.82. The van der Waals surface area contributed by atoms with Crippen molar-refractivity contribution in [3.63, 3.8) is 0 Å². The number of rotatable bonds is 4. The standard InChI is InChI=1S/C22H23N2O2P/c1-18-8-12-20(13-9-18)23-16-17-24(21-14-10-19(2)11-15-21)27(23,25)26-22-6-4-3-5-7-22/h3-15H,16-17H2,1-2H3. The minimum Gasteiger partial charge on any atom is -0.414 e. The van der Waals surface area contributed by atoms with Crippen molar-refractivity contribution in [2.24, 2.45) is 0 Å². The van der Waals surface area contributed by atoms with E-state index in [1.807, 2.05) is 102 Å². The first-order chi connectivity index (χ1) is 13.1. The van der Waals surface area contributed by atoms with Crippen LogP contribution in [-0.2, 0) is 4.57 Å². The van der Waals surface area contributed by atoms with Crippen LogP contribution in [0.3, 0.4) is 0 Å². The molecule has 0 amide bonds. The second-order valence-corrected chi connectivity index (χ2v) is 8.94. The summed E-state index contributed by atoms with van der Waals surface area (Å²) in [5.74, 6) is 0.608. The fourth-order valence-corrected chi connectivity index (χ4v) is 5.66. The van der Waals surface area contributed by atoms with E-state index in [0.29, 0.717) is 18.8 Å². The van der Waals surface area contributed by atoms with Crippen LogP contribution in [0.1, 0.15) is 11.1 Å². The summed E-state index contributed by atoms with van der Waals surface area (Å²) < 4.78 is 24.2. The van der Waals surface area contributed by atoms with Crippen molar-refractivity contribution in [1.82, 2.24) is 0 Å². The summed E-state index contributed by atoms with van der Waals surface area (Å²) in [4.78, 5) is 0. The van der Waals surface area contributed by atoms with Crippen LogP contribution >= 0.6 is 7.67 Å². The van der Waals surface area contributed by atoms with Crippen molar-refractivity contribution >= 4 is 19.0 Å². The molecule has 138 valence electrons. The van der Waals surface area contributed by atoms with Crippen molar-refractivity contribution in [3.05, 3.63) is 90.0 Å². The van der Waals surface area contributed by atoms with Crippen LogP contribution in [0.15, 0.2) is 78.9 Å². The van der Waals surface area contributed by atoms with Gasteiger partial charge in [-0.25, -0.2) is 4.57 Å².